The first-order chi connectivity index (χ1) is 14.1. The largest absolute Gasteiger partial charge is 0.355 e. The van der Waals surface area contributed by atoms with E-state index in [0.29, 0.717) is 0 Å². The van der Waals surface area contributed by atoms with Crippen molar-refractivity contribution in [3.63, 3.8) is 0 Å². The van der Waals surface area contributed by atoms with Gasteiger partial charge >= 0.3 is 0 Å². The van der Waals surface area contributed by atoms with Gasteiger partial charge in [0.2, 0.25) is 5.91 Å². The zero-order valence-corrected chi connectivity index (χ0v) is 18.5. The zero-order chi connectivity index (χ0) is 20.2. The van der Waals surface area contributed by atoms with E-state index in [2.05, 4.69) is 45.0 Å². The normalized spacial score (nSPS) is 21.6. The molecule has 0 radical (unpaired) electrons. The second-order valence-corrected chi connectivity index (χ2v) is 9.70. The Morgan fingerprint density at radius 3 is 2.86 bits per heavy atom. The lowest BCUT2D eigenvalue weighted by molar-refractivity contribution is -0.125. The van der Waals surface area contributed by atoms with Crippen molar-refractivity contribution in [3.05, 3.63) is 17.3 Å². The van der Waals surface area contributed by atoms with Gasteiger partial charge in [-0.05, 0) is 57.2 Å². The van der Waals surface area contributed by atoms with E-state index >= 15 is 0 Å². The van der Waals surface area contributed by atoms with Crippen LogP contribution in [0.1, 0.15) is 44.4 Å². The van der Waals surface area contributed by atoms with Gasteiger partial charge in [0, 0.05) is 31.1 Å². The molecule has 4 rings (SSSR count). The predicted molar refractivity (Wildman–Crippen MR) is 120 cm³/mol. The Kier molecular flexibility index (Phi) is 6.65. The smallest absolute Gasteiger partial charge is 0.224 e. The van der Waals surface area contributed by atoms with Crippen LogP contribution in [0.25, 0.3) is 10.2 Å². The number of carbonyl (C=O) groups is 1. The van der Waals surface area contributed by atoms with Gasteiger partial charge in [-0.15, -0.1) is 11.3 Å². The van der Waals surface area contributed by atoms with Crippen LogP contribution in [-0.2, 0) is 11.2 Å². The van der Waals surface area contributed by atoms with Crippen LogP contribution in [0.5, 0.6) is 0 Å². The van der Waals surface area contributed by atoms with Gasteiger partial charge in [0.15, 0.2) is 0 Å². The van der Waals surface area contributed by atoms with E-state index < -0.39 is 0 Å². The molecule has 1 amide bonds. The van der Waals surface area contributed by atoms with Crippen molar-refractivity contribution in [2.24, 2.45) is 11.8 Å². The monoisotopic (exact) mass is 415 g/mol. The molecule has 4 heterocycles. The third-order valence-corrected chi connectivity index (χ3v) is 7.59. The molecule has 1 N–H and O–H groups in total. The van der Waals surface area contributed by atoms with Gasteiger partial charge in [-0.25, -0.2) is 9.97 Å². The molecule has 0 aromatic carbocycles. The van der Waals surface area contributed by atoms with Crippen molar-refractivity contribution in [2.75, 3.05) is 44.2 Å². The highest BCUT2D eigenvalue weighted by Crippen LogP contribution is 2.32. The van der Waals surface area contributed by atoms with Crippen LogP contribution in [0.15, 0.2) is 12.4 Å². The van der Waals surface area contributed by atoms with E-state index in [9.17, 15) is 4.79 Å². The van der Waals surface area contributed by atoms with Crippen molar-refractivity contribution in [2.45, 2.75) is 46.0 Å². The summed E-state index contributed by atoms with van der Waals surface area (Å²) in [7, 11) is 0. The third kappa shape index (κ3) is 4.89. The lowest BCUT2D eigenvalue weighted by atomic mass is 9.97. The Labute approximate surface area is 177 Å². The van der Waals surface area contributed by atoms with Crippen LogP contribution in [-0.4, -0.2) is 60.0 Å². The lowest BCUT2D eigenvalue weighted by Gasteiger charge is -2.33. The van der Waals surface area contributed by atoms with Crippen LogP contribution < -0.4 is 10.2 Å². The Morgan fingerprint density at radius 2 is 2.07 bits per heavy atom. The molecule has 0 bridgehead atoms. The number of thiophene rings is 1. The van der Waals surface area contributed by atoms with Gasteiger partial charge in [-0.3, -0.25) is 4.79 Å². The third-order valence-electron chi connectivity index (χ3n) is 6.40. The summed E-state index contributed by atoms with van der Waals surface area (Å²) < 4.78 is 0. The molecule has 7 heteroatoms. The fraction of sp³-hybridized carbons (Fsp3) is 0.682. The fourth-order valence-corrected chi connectivity index (χ4v) is 5.40. The van der Waals surface area contributed by atoms with Crippen LogP contribution in [0.3, 0.4) is 0 Å². The van der Waals surface area contributed by atoms with Crippen molar-refractivity contribution in [3.8, 4) is 0 Å². The number of piperidine rings is 2. The average Bonchev–Trinajstić information content (AvgIpc) is 3.18. The summed E-state index contributed by atoms with van der Waals surface area (Å²) in [5.41, 5.74) is 0. The number of amides is 1. The number of aryl methyl sites for hydroxylation is 1. The minimum absolute atomic E-state index is 0.0411. The highest BCUT2D eigenvalue weighted by molar-refractivity contribution is 7.18. The van der Waals surface area contributed by atoms with Gasteiger partial charge in [-0.1, -0.05) is 13.8 Å². The Morgan fingerprint density at radius 1 is 1.24 bits per heavy atom. The Bertz CT molecular complexity index is 830. The number of aromatic nitrogens is 2. The van der Waals surface area contributed by atoms with E-state index in [1.54, 1.807) is 17.7 Å². The minimum Gasteiger partial charge on any atom is -0.355 e. The summed E-state index contributed by atoms with van der Waals surface area (Å²) >= 11 is 1.75. The van der Waals surface area contributed by atoms with Crippen LogP contribution >= 0.6 is 11.3 Å². The second-order valence-electron chi connectivity index (χ2n) is 8.58. The topological polar surface area (TPSA) is 61.4 Å². The molecule has 0 aliphatic carbocycles. The van der Waals surface area contributed by atoms with Crippen LogP contribution in [0.4, 0.5) is 5.82 Å². The molecular formula is C22H33N5OS. The van der Waals surface area contributed by atoms with Crippen LogP contribution in [0, 0.1) is 11.8 Å². The highest BCUT2D eigenvalue weighted by Gasteiger charge is 2.28. The van der Waals surface area contributed by atoms with Crippen molar-refractivity contribution < 1.29 is 4.79 Å². The molecule has 1 atom stereocenters. The first-order valence-electron chi connectivity index (χ1n) is 11.1. The molecule has 2 aliphatic heterocycles. The average molecular weight is 416 g/mol. The number of hydrogen-bond acceptors (Lipinski definition) is 6. The zero-order valence-electron chi connectivity index (χ0n) is 17.7. The molecular weight excluding hydrogens is 382 g/mol. The van der Waals surface area contributed by atoms with Crippen molar-refractivity contribution in [1.82, 2.24) is 20.2 Å². The van der Waals surface area contributed by atoms with Gasteiger partial charge in [0.25, 0.3) is 0 Å². The van der Waals surface area contributed by atoms with Crippen molar-refractivity contribution >= 4 is 33.3 Å². The number of nitrogens with zero attached hydrogens (tertiary/aromatic N) is 4. The molecule has 2 fully saturated rings. The summed E-state index contributed by atoms with van der Waals surface area (Å²) in [6, 6.07) is 2.22. The molecule has 6 nitrogen and oxygen atoms in total. The summed E-state index contributed by atoms with van der Waals surface area (Å²) in [6.07, 6.45) is 7.22. The Hall–Kier alpha value is -1.73. The summed E-state index contributed by atoms with van der Waals surface area (Å²) in [5.74, 6) is 2.08. The molecule has 2 aromatic rings. The number of carbonyl (C=O) groups excluding carboxylic acids is 1. The number of hydrogen-bond donors (Lipinski definition) is 1. The number of likely N-dealkylation sites (tertiary alicyclic amines) is 1. The maximum absolute atomic E-state index is 12.8. The van der Waals surface area contributed by atoms with Gasteiger partial charge < -0.3 is 15.1 Å². The molecule has 29 heavy (non-hydrogen) atoms. The predicted octanol–water partition coefficient (Wildman–Crippen LogP) is 3.32. The molecule has 2 saturated heterocycles. The van der Waals surface area contributed by atoms with E-state index in [0.717, 1.165) is 67.4 Å². The maximum atomic E-state index is 12.8. The van der Waals surface area contributed by atoms with Crippen LogP contribution in [0.2, 0.25) is 0 Å². The first-order valence-corrected chi connectivity index (χ1v) is 11.9. The second kappa shape index (κ2) is 9.39. The quantitative estimate of drug-likeness (QED) is 0.784. The summed E-state index contributed by atoms with van der Waals surface area (Å²) in [6.45, 7) is 10.3. The number of anilines is 1. The maximum Gasteiger partial charge on any atom is 0.224 e. The molecule has 0 spiro atoms. The van der Waals surface area contributed by atoms with E-state index in [1.165, 1.54) is 30.8 Å². The molecule has 158 valence electrons. The van der Waals surface area contributed by atoms with Gasteiger partial charge in [0.1, 0.15) is 17.0 Å². The molecule has 0 unspecified atom stereocenters. The summed E-state index contributed by atoms with van der Waals surface area (Å²) in [5, 5.41) is 4.33. The number of rotatable bonds is 6. The highest BCUT2D eigenvalue weighted by atomic mass is 32.1. The van der Waals surface area contributed by atoms with Crippen molar-refractivity contribution in [1.29, 1.82) is 0 Å². The SMILES string of the molecule is CCc1cc2c(N3CCC[C@H](C(=O)NCCN4CCC(C)CC4)C3)ncnc2s1. The van der Waals surface area contributed by atoms with E-state index in [4.69, 9.17) is 0 Å². The summed E-state index contributed by atoms with van der Waals surface area (Å²) in [4.78, 5) is 29.0. The molecule has 2 aliphatic rings. The lowest BCUT2D eigenvalue weighted by Crippen LogP contribution is -2.45. The Balaban J connectivity index is 1.33. The van der Waals surface area contributed by atoms with E-state index in [1.807, 2.05) is 0 Å². The molecule has 2 aromatic heterocycles. The number of fused-ring (bicyclic) bond motifs is 1. The van der Waals surface area contributed by atoms with Gasteiger partial charge in [-0.2, -0.15) is 0 Å². The minimum atomic E-state index is 0.0411. The van der Waals surface area contributed by atoms with Gasteiger partial charge in [0.05, 0.1) is 11.3 Å². The standard InChI is InChI=1S/C22H33N5OS/c1-3-18-13-19-20(24-15-25-22(19)29-18)27-9-4-5-17(14-27)21(28)23-8-12-26-10-6-16(2)7-11-26/h13,15-17H,3-12,14H2,1-2H3,(H,23,28)/t17-/m0/s1. The van der Waals surface area contributed by atoms with E-state index in [-0.39, 0.29) is 11.8 Å². The molecule has 0 saturated carbocycles. The number of nitrogens with one attached hydrogen (secondary N) is 1. The fourth-order valence-electron chi connectivity index (χ4n) is 4.47. The first kappa shape index (κ1) is 20.5.